The molecule has 0 spiro atoms. The van der Waals surface area contributed by atoms with Crippen LogP contribution in [0, 0.1) is 0 Å². The summed E-state index contributed by atoms with van der Waals surface area (Å²) in [6.45, 7) is 8.60. The van der Waals surface area contributed by atoms with Gasteiger partial charge in [0, 0.05) is 12.4 Å². The molecule has 24 heavy (non-hydrogen) atoms. The lowest BCUT2D eigenvalue weighted by molar-refractivity contribution is 0.317. The maximum Gasteiger partial charge on any atom is 0.338 e. The zero-order valence-corrected chi connectivity index (χ0v) is 15.7. The summed E-state index contributed by atoms with van der Waals surface area (Å²) in [5.41, 5.74) is 1.97. The van der Waals surface area contributed by atoms with Gasteiger partial charge in [-0.3, -0.25) is 4.57 Å². The summed E-state index contributed by atoms with van der Waals surface area (Å²) in [6, 6.07) is 15.1. The van der Waals surface area contributed by atoms with E-state index < -0.39 is 7.52 Å². The Bertz CT molecular complexity index is 681. The highest BCUT2D eigenvalue weighted by atomic mass is 31.2. The molecule has 1 N–H and O–H groups in total. The number of ether oxygens (including phenoxy) is 1. The fourth-order valence-corrected chi connectivity index (χ4v) is 3.41. The molecular weight excluding hydrogens is 321 g/mol. The lowest BCUT2D eigenvalue weighted by atomic mass is 10.0. The molecule has 130 valence electrons. The first-order valence-corrected chi connectivity index (χ1v) is 10.3. The van der Waals surface area contributed by atoms with Gasteiger partial charge in [0.2, 0.25) is 0 Å². The van der Waals surface area contributed by atoms with E-state index in [2.05, 4.69) is 25.9 Å². The smallest absolute Gasteiger partial charge is 0.338 e. The lowest BCUT2D eigenvalue weighted by Crippen LogP contribution is -2.02. The molecule has 5 heteroatoms. The molecule has 0 saturated heterocycles. The molecule has 0 bridgehead atoms. The van der Waals surface area contributed by atoms with E-state index in [4.69, 9.17) is 9.26 Å². The number of anilines is 1. The van der Waals surface area contributed by atoms with E-state index in [1.807, 2.05) is 48.5 Å². The molecule has 0 heterocycles. The van der Waals surface area contributed by atoms with E-state index in [0.29, 0.717) is 18.3 Å². The van der Waals surface area contributed by atoms with Crippen LogP contribution in [0.3, 0.4) is 0 Å². The Morgan fingerprint density at radius 3 is 2.12 bits per heavy atom. The number of rotatable bonds is 8. The predicted molar refractivity (Wildman–Crippen MR) is 101 cm³/mol. The zero-order chi connectivity index (χ0) is 17.6. The molecule has 0 aliphatic heterocycles. The summed E-state index contributed by atoms with van der Waals surface area (Å²) in [5.74, 6) is 1.86. The fraction of sp³-hybridized carbons (Fsp3) is 0.368. The van der Waals surface area contributed by atoms with Crippen LogP contribution in [0.2, 0.25) is 0 Å². The first-order valence-electron chi connectivity index (χ1n) is 8.28. The van der Waals surface area contributed by atoms with Crippen molar-refractivity contribution in [2.24, 2.45) is 0 Å². The van der Waals surface area contributed by atoms with Gasteiger partial charge < -0.3 is 14.3 Å². The molecule has 0 amide bonds. The second kappa shape index (κ2) is 8.25. The number of hydrogen-bond donors (Lipinski definition) is 1. The summed E-state index contributed by atoms with van der Waals surface area (Å²) in [4.78, 5) is 0. The minimum atomic E-state index is -3.00. The van der Waals surface area contributed by atoms with Crippen LogP contribution in [0.15, 0.2) is 48.5 Å². The average molecular weight is 347 g/mol. The van der Waals surface area contributed by atoms with Crippen molar-refractivity contribution in [2.45, 2.75) is 33.1 Å². The third-order valence-corrected chi connectivity index (χ3v) is 4.71. The predicted octanol–water partition coefficient (Wildman–Crippen LogP) is 5.91. The Labute approximate surface area is 144 Å². The molecule has 0 radical (unpaired) electrons. The molecule has 0 aliphatic carbocycles. The normalized spacial score (nSPS) is 13.4. The van der Waals surface area contributed by atoms with Crippen molar-refractivity contribution in [1.82, 2.24) is 0 Å². The Morgan fingerprint density at radius 1 is 1.00 bits per heavy atom. The SMILES string of the molecule is CCCOc1ccc(NP(C)(=O)Oc2ccc(C(C)C)cc2)cc1. The van der Waals surface area contributed by atoms with E-state index in [-0.39, 0.29) is 0 Å². The molecule has 2 aromatic carbocycles. The number of hydrogen-bond acceptors (Lipinski definition) is 3. The molecule has 1 unspecified atom stereocenters. The first-order chi connectivity index (χ1) is 11.4. The summed E-state index contributed by atoms with van der Waals surface area (Å²) in [5, 5.41) is 2.97. The summed E-state index contributed by atoms with van der Waals surface area (Å²) >= 11 is 0. The largest absolute Gasteiger partial charge is 0.494 e. The second-order valence-corrected chi connectivity index (χ2v) is 8.24. The Morgan fingerprint density at radius 2 is 1.58 bits per heavy atom. The summed E-state index contributed by atoms with van der Waals surface area (Å²) < 4.78 is 23.9. The van der Waals surface area contributed by atoms with Gasteiger partial charge in [0.1, 0.15) is 11.5 Å². The van der Waals surface area contributed by atoms with Gasteiger partial charge in [-0.05, 0) is 54.3 Å². The van der Waals surface area contributed by atoms with Crippen LogP contribution in [0.25, 0.3) is 0 Å². The van der Waals surface area contributed by atoms with Crippen molar-refractivity contribution >= 4 is 13.2 Å². The number of nitrogens with one attached hydrogen (secondary N) is 1. The molecule has 2 rings (SSSR count). The highest BCUT2D eigenvalue weighted by Crippen LogP contribution is 2.43. The minimum absolute atomic E-state index is 0.457. The van der Waals surface area contributed by atoms with Crippen LogP contribution in [-0.4, -0.2) is 13.3 Å². The van der Waals surface area contributed by atoms with Crippen LogP contribution in [0.5, 0.6) is 11.5 Å². The van der Waals surface area contributed by atoms with Gasteiger partial charge >= 0.3 is 7.52 Å². The maximum absolute atomic E-state index is 12.7. The first kappa shape index (κ1) is 18.4. The van der Waals surface area contributed by atoms with Gasteiger partial charge in [0.05, 0.1) is 6.61 Å². The molecular formula is C19H26NO3P. The zero-order valence-electron chi connectivity index (χ0n) is 14.8. The topological polar surface area (TPSA) is 47.6 Å². The number of benzene rings is 2. The maximum atomic E-state index is 12.7. The van der Waals surface area contributed by atoms with Crippen molar-refractivity contribution in [3.8, 4) is 11.5 Å². The third-order valence-electron chi connectivity index (χ3n) is 3.49. The minimum Gasteiger partial charge on any atom is -0.494 e. The van der Waals surface area contributed by atoms with Crippen LogP contribution < -0.4 is 14.3 Å². The van der Waals surface area contributed by atoms with E-state index in [1.54, 1.807) is 6.66 Å². The standard InChI is InChI=1S/C19H26NO3P/c1-5-14-22-18-12-8-17(9-13-18)20-24(4,21)23-19-10-6-16(7-11-19)15(2)3/h6-13,15H,5,14H2,1-4H3,(H,20,21). The highest BCUT2D eigenvalue weighted by Gasteiger charge is 2.17. The molecule has 0 fully saturated rings. The van der Waals surface area contributed by atoms with Crippen LogP contribution >= 0.6 is 7.52 Å². The highest BCUT2D eigenvalue weighted by molar-refractivity contribution is 7.60. The Kier molecular flexibility index (Phi) is 6.33. The van der Waals surface area contributed by atoms with Crippen molar-refractivity contribution in [3.05, 3.63) is 54.1 Å². The Hall–Kier alpha value is -1.93. The van der Waals surface area contributed by atoms with Crippen molar-refractivity contribution in [2.75, 3.05) is 18.4 Å². The van der Waals surface area contributed by atoms with Crippen LogP contribution in [-0.2, 0) is 4.57 Å². The third kappa shape index (κ3) is 5.61. The van der Waals surface area contributed by atoms with Gasteiger partial charge in [-0.25, -0.2) is 0 Å². The lowest BCUT2D eigenvalue weighted by Gasteiger charge is -2.18. The van der Waals surface area contributed by atoms with E-state index >= 15 is 0 Å². The second-order valence-electron chi connectivity index (χ2n) is 6.15. The van der Waals surface area contributed by atoms with Crippen molar-refractivity contribution < 1.29 is 13.8 Å². The molecule has 0 saturated carbocycles. The fourth-order valence-electron chi connectivity index (χ4n) is 2.22. The van der Waals surface area contributed by atoms with Gasteiger partial charge in [0.25, 0.3) is 0 Å². The molecule has 0 aromatic heterocycles. The molecule has 4 nitrogen and oxygen atoms in total. The molecule has 0 aliphatic rings. The van der Waals surface area contributed by atoms with Gasteiger partial charge in [-0.1, -0.05) is 32.9 Å². The van der Waals surface area contributed by atoms with Crippen LogP contribution in [0.1, 0.15) is 38.7 Å². The van der Waals surface area contributed by atoms with E-state index in [9.17, 15) is 4.57 Å². The van der Waals surface area contributed by atoms with Crippen molar-refractivity contribution in [1.29, 1.82) is 0 Å². The van der Waals surface area contributed by atoms with E-state index in [1.165, 1.54) is 5.56 Å². The summed E-state index contributed by atoms with van der Waals surface area (Å²) in [6.07, 6.45) is 0.966. The average Bonchev–Trinajstić information content (AvgIpc) is 2.54. The van der Waals surface area contributed by atoms with Gasteiger partial charge in [-0.2, -0.15) is 0 Å². The van der Waals surface area contributed by atoms with Crippen molar-refractivity contribution in [3.63, 3.8) is 0 Å². The summed E-state index contributed by atoms with van der Waals surface area (Å²) in [7, 11) is -3.00. The van der Waals surface area contributed by atoms with Gasteiger partial charge in [0.15, 0.2) is 0 Å². The molecule has 1 atom stereocenters. The quantitative estimate of drug-likeness (QED) is 0.603. The monoisotopic (exact) mass is 347 g/mol. The Balaban J connectivity index is 1.98. The van der Waals surface area contributed by atoms with Crippen LogP contribution in [0.4, 0.5) is 5.69 Å². The van der Waals surface area contributed by atoms with Gasteiger partial charge in [-0.15, -0.1) is 0 Å². The molecule has 2 aromatic rings. The van der Waals surface area contributed by atoms with E-state index in [0.717, 1.165) is 17.9 Å².